The van der Waals surface area contributed by atoms with Crippen LogP contribution in [-0.2, 0) is 25.6 Å². The van der Waals surface area contributed by atoms with Gasteiger partial charge in [0.2, 0.25) is 11.8 Å². The lowest BCUT2D eigenvalue weighted by Crippen LogP contribution is -2.49. The minimum atomic E-state index is -0.673. The topological polar surface area (TPSA) is 68.3 Å². The molecule has 1 aromatic carbocycles. The van der Waals surface area contributed by atoms with E-state index in [0.29, 0.717) is 39.4 Å². The number of benzene rings is 1. The van der Waals surface area contributed by atoms with Gasteiger partial charge in [-0.05, 0) is 17.7 Å². The van der Waals surface area contributed by atoms with Crippen LogP contribution in [0.5, 0.6) is 5.75 Å². The molecule has 0 N–H and O–H groups in total. The molecule has 1 spiro atoms. The van der Waals surface area contributed by atoms with E-state index < -0.39 is 17.4 Å². The molecule has 7 nitrogen and oxygen atoms in total. The number of hydrogen-bond donors (Lipinski definition) is 0. The Morgan fingerprint density at radius 2 is 2.14 bits per heavy atom. The Bertz CT molecular complexity index is 834. The lowest BCUT2D eigenvalue weighted by molar-refractivity contribution is -0.146. The molecular weight excluding hydrogens is 360 g/mol. The Morgan fingerprint density at radius 3 is 2.93 bits per heavy atom. The monoisotopic (exact) mass is 384 g/mol. The SMILES string of the molecule is COc1cccc(CN2C[C@]34C=C[C@H](O3)[C@@H](C(=O)N3CCOCC3)[C@@H]4C2=O)c1. The highest BCUT2D eigenvalue weighted by molar-refractivity contribution is 5.93. The number of rotatable bonds is 4. The number of carbonyl (C=O) groups is 2. The lowest BCUT2D eigenvalue weighted by Gasteiger charge is -2.32. The van der Waals surface area contributed by atoms with Gasteiger partial charge in [0.25, 0.3) is 0 Å². The third kappa shape index (κ3) is 2.64. The Hall–Kier alpha value is -2.38. The molecule has 4 heterocycles. The number of ether oxygens (including phenoxy) is 3. The molecule has 0 saturated carbocycles. The van der Waals surface area contributed by atoms with E-state index in [9.17, 15) is 9.59 Å². The van der Waals surface area contributed by atoms with Crippen molar-refractivity contribution in [2.45, 2.75) is 18.2 Å². The highest BCUT2D eigenvalue weighted by Gasteiger charge is 2.67. The Labute approximate surface area is 163 Å². The summed E-state index contributed by atoms with van der Waals surface area (Å²) in [5.74, 6) is -0.100. The highest BCUT2D eigenvalue weighted by Crippen LogP contribution is 2.52. The summed E-state index contributed by atoms with van der Waals surface area (Å²) < 4.78 is 16.9. The predicted molar refractivity (Wildman–Crippen MR) is 99.5 cm³/mol. The van der Waals surface area contributed by atoms with Crippen LogP contribution in [0.15, 0.2) is 36.4 Å². The van der Waals surface area contributed by atoms with E-state index in [0.717, 1.165) is 11.3 Å². The summed E-state index contributed by atoms with van der Waals surface area (Å²) in [6.45, 7) is 3.21. The fraction of sp³-hybridized carbons (Fsp3) is 0.524. The number of amides is 2. The molecule has 148 valence electrons. The van der Waals surface area contributed by atoms with Gasteiger partial charge in [0.1, 0.15) is 11.4 Å². The van der Waals surface area contributed by atoms with Crippen LogP contribution < -0.4 is 4.74 Å². The lowest BCUT2D eigenvalue weighted by atomic mass is 9.76. The molecular formula is C21H24N2O5. The summed E-state index contributed by atoms with van der Waals surface area (Å²) in [4.78, 5) is 30.1. The van der Waals surface area contributed by atoms with E-state index in [1.165, 1.54) is 0 Å². The molecule has 0 unspecified atom stereocenters. The number of carbonyl (C=O) groups excluding carboxylic acids is 2. The standard InChI is InChI=1S/C21H24N2O5/c1-26-15-4-2-3-14(11-15)12-23-13-21-6-5-16(28-21)17(18(21)20(23)25)19(24)22-7-9-27-10-8-22/h2-6,11,16-18H,7-10,12-13H2,1H3/t16-,17+,18+,21-/m0/s1. The first-order chi connectivity index (χ1) is 13.6. The Kier molecular flexibility index (Phi) is 4.17. The number of nitrogens with zero attached hydrogens (tertiary/aromatic N) is 2. The number of methoxy groups -OCH3 is 1. The van der Waals surface area contributed by atoms with Crippen molar-refractivity contribution < 1.29 is 23.8 Å². The number of fused-ring (bicyclic) bond motifs is 1. The van der Waals surface area contributed by atoms with Crippen LogP contribution in [-0.4, -0.2) is 73.3 Å². The maximum atomic E-state index is 13.3. The van der Waals surface area contributed by atoms with Crippen molar-refractivity contribution in [1.82, 2.24) is 9.80 Å². The first kappa shape index (κ1) is 17.7. The molecule has 3 saturated heterocycles. The molecule has 0 aromatic heterocycles. The Balaban J connectivity index is 1.38. The van der Waals surface area contributed by atoms with Gasteiger partial charge in [0.05, 0.1) is 44.8 Å². The van der Waals surface area contributed by atoms with Crippen LogP contribution in [0.3, 0.4) is 0 Å². The molecule has 5 rings (SSSR count). The quantitative estimate of drug-likeness (QED) is 0.720. The van der Waals surface area contributed by atoms with E-state index in [4.69, 9.17) is 14.2 Å². The number of hydrogen-bond acceptors (Lipinski definition) is 5. The van der Waals surface area contributed by atoms with Gasteiger partial charge in [-0.3, -0.25) is 9.59 Å². The zero-order valence-corrected chi connectivity index (χ0v) is 15.9. The molecule has 4 aliphatic heterocycles. The van der Waals surface area contributed by atoms with Gasteiger partial charge in [-0.25, -0.2) is 0 Å². The van der Waals surface area contributed by atoms with Crippen molar-refractivity contribution in [2.75, 3.05) is 40.0 Å². The second-order valence-corrected chi connectivity index (χ2v) is 7.88. The normalized spacial score (nSPS) is 33.5. The summed E-state index contributed by atoms with van der Waals surface area (Å²) in [6.07, 6.45) is 3.65. The average Bonchev–Trinajstić information content (AvgIpc) is 3.37. The highest BCUT2D eigenvalue weighted by atomic mass is 16.5. The fourth-order valence-electron chi connectivity index (χ4n) is 4.98. The van der Waals surface area contributed by atoms with E-state index in [1.807, 2.05) is 46.2 Å². The third-order valence-electron chi connectivity index (χ3n) is 6.29. The van der Waals surface area contributed by atoms with Crippen molar-refractivity contribution in [3.63, 3.8) is 0 Å². The minimum Gasteiger partial charge on any atom is -0.497 e. The molecule has 3 fully saturated rings. The van der Waals surface area contributed by atoms with E-state index in [1.54, 1.807) is 7.11 Å². The van der Waals surface area contributed by atoms with Crippen LogP contribution >= 0.6 is 0 Å². The first-order valence-electron chi connectivity index (χ1n) is 9.77. The molecule has 0 aliphatic carbocycles. The third-order valence-corrected chi connectivity index (χ3v) is 6.29. The predicted octanol–water partition coefficient (Wildman–Crippen LogP) is 0.836. The summed E-state index contributed by atoms with van der Waals surface area (Å²) in [7, 11) is 1.63. The number of likely N-dealkylation sites (tertiary alicyclic amines) is 1. The van der Waals surface area contributed by atoms with E-state index in [-0.39, 0.29) is 17.9 Å². The number of morpholine rings is 1. The van der Waals surface area contributed by atoms with Crippen LogP contribution in [0.2, 0.25) is 0 Å². The molecule has 4 aliphatic rings. The van der Waals surface area contributed by atoms with Gasteiger partial charge in [-0.2, -0.15) is 0 Å². The van der Waals surface area contributed by atoms with Gasteiger partial charge >= 0.3 is 0 Å². The van der Waals surface area contributed by atoms with Gasteiger partial charge in [0.15, 0.2) is 0 Å². The van der Waals surface area contributed by atoms with Crippen molar-refractivity contribution in [2.24, 2.45) is 11.8 Å². The zero-order valence-electron chi connectivity index (χ0n) is 15.9. The summed E-state index contributed by atoms with van der Waals surface area (Å²) in [6, 6.07) is 7.71. The smallest absolute Gasteiger partial charge is 0.230 e. The second-order valence-electron chi connectivity index (χ2n) is 7.88. The van der Waals surface area contributed by atoms with Crippen LogP contribution in [0.1, 0.15) is 5.56 Å². The molecule has 1 aromatic rings. The van der Waals surface area contributed by atoms with Gasteiger partial charge in [0, 0.05) is 19.6 Å². The first-order valence-corrected chi connectivity index (χ1v) is 9.77. The van der Waals surface area contributed by atoms with Crippen molar-refractivity contribution in [1.29, 1.82) is 0 Å². The maximum Gasteiger partial charge on any atom is 0.230 e. The minimum absolute atomic E-state index is 0.00118. The molecule has 2 bridgehead atoms. The second kappa shape index (κ2) is 6.60. The van der Waals surface area contributed by atoms with Crippen LogP contribution in [0.4, 0.5) is 0 Å². The summed E-state index contributed by atoms with van der Waals surface area (Å²) in [5, 5.41) is 0. The molecule has 28 heavy (non-hydrogen) atoms. The summed E-state index contributed by atoms with van der Waals surface area (Å²) in [5.41, 5.74) is 0.325. The molecule has 0 radical (unpaired) electrons. The zero-order chi connectivity index (χ0) is 19.3. The largest absolute Gasteiger partial charge is 0.497 e. The van der Waals surface area contributed by atoms with Gasteiger partial charge < -0.3 is 24.0 Å². The van der Waals surface area contributed by atoms with Crippen LogP contribution in [0.25, 0.3) is 0 Å². The molecule has 4 atom stereocenters. The van der Waals surface area contributed by atoms with Gasteiger partial charge in [-0.15, -0.1) is 0 Å². The van der Waals surface area contributed by atoms with E-state index in [2.05, 4.69) is 0 Å². The molecule has 2 amide bonds. The van der Waals surface area contributed by atoms with Gasteiger partial charge in [-0.1, -0.05) is 24.3 Å². The van der Waals surface area contributed by atoms with Crippen LogP contribution in [0, 0.1) is 11.8 Å². The fourth-order valence-corrected chi connectivity index (χ4v) is 4.98. The molecule has 7 heteroatoms. The summed E-state index contributed by atoms with van der Waals surface area (Å²) >= 11 is 0. The Morgan fingerprint density at radius 1 is 1.32 bits per heavy atom. The van der Waals surface area contributed by atoms with Crippen molar-refractivity contribution in [3.05, 3.63) is 42.0 Å². The average molecular weight is 384 g/mol. The van der Waals surface area contributed by atoms with E-state index >= 15 is 0 Å². The maximum absolute atomic E-state index is 13.3. The van der Waals surface area contributed by atoms with Crippen molar-refractivity contribution >= 4 is 11.8 Å². The van der Waals surface area contributed by atoms with Crippen molar-refractivity contribution in [3.8, 4) is 5.75 Å².